The highest BCUT2D eigenvalue weighted by atomic mass is 16.6. The summed E-state index contributed by atoms with van der Waals surface area (Å²) in [5.41, 5.74) is 0. The van der Waals surface area contributed by atoms with Crippen molar-refractivity contribution in [1.29, 1.82) is 0 Å². The van der Waals surface area contributed by atoms with E-state index in [1.165, 1.54) is 0 Å². The largest absolute Gasteiger partial charge is 0.482 e. The fourth-order valence-corrected chi connectivity index (χ4v) is 2.91. The lowest BCUT2D eigenvalue weighted by molar-refractivity contribution is -0.146. The minimum atomic E-state index is -0.592. The number of para-hydroxylation sites is 2. The van der Waals surface area contributed by atoms with Crippen LogP contribution in [0, 0.1) is 5.92 Å². The highest BCUT2D eigenvalue weighted by Gasteiger charge is 2.37. The Morgan fingerprint density at radius 1 is 1.24 bits per heavy atom. The van der Waals surface area contributed by atoms with E-state index in [9.17, 15) is 4.79 Å². The Labute approximate surface area is 124 Å². The molecule has 5 nitrogen and oxygen atoms in total. The van der Waals surface area contributed by atoms with E-state index in [-0.39, 0.29) is 18.6 Å². The molecular weight excluding hydrogens is 270 g/mol. The van der Waals surface area contributed by atoms with Gasteiger partial charge in [0.05, 0.1) is 0 Å². The molecule has 0 aliphatic carbocycles. The summed E-state index contributed by atoms with van der Waals surface area (Å²) in [5.74, 6) is 1.61. The van der Waals surface area contributed by atoms with Crippen LogP contribution in [0.15, 0.2) is 24.3 Å². The molecule has 1 saturated heterocycles. The molecule has 1 aromatic carbocycles. The van der Waals surface area contributed by atoms with Crippen molar-refractivity contribution >= 4 is 5.91 Å². The van der Waals surface area contributed by atoms with Gasteiger partial charge >= 0.3 is 0 Å². The second kappa shape index (κ2) is 5.93. The van der Waals surface area contributed by atoms with Crippen LogP contribution in [-0.2, 0) is 4.79 Å². The fourth-order valence-electron chi connectivity index (χ4n) is 2.91. The third-order valence-corrected chi connectivity index (χ3v) is 4.27. The molecule has 1 amide bonds. The lowest BCUT2D eigenvalue weighted by Gasteiger charge is -2.37. The molecule has 114 valence electrons. The third-order valence-electron chi connectivity index (χ3n) is 4.27. The molecule has 2 aliphatic heterocycles. The number of aliphatic hydroxyl groups is 1. The van der Waals surface area contributed by atoms with Crippen molar-refractivity contribution in [2.24, 2.45) is 5.92 Å². The first-order chi connectivity index (χ1) is 10.2. The van der Waals surface area contributed by atoms with Crippen LogP contribution in [0.1, 0.15) is 19.8 Å². The van der Waals surface area contributed by atoms with E-state index in [1.807, 2.05) is 36.1 Å². The molecule has 1 aromatic rings. The normalized spacial score (nSPS) is 25.7. The molecule has 21 heavy (non-hydrogen) atoms. The SMILES string of the molecule is CC1Oc2ccccc2OC1C(=O)N1CCC(CO)CC1. The second-order valence-corrected chi connectivity index (χ2v) is 5.76. The van der Waals surface area contributed by atoms with Crippen LogP contribution in [0.2, 0.25) is 0 Å². The van der Waals surface area contributed by atoms with E-state index in [2.05, 4.69) is 0 Å². The van der Waals surface area contributed by atoms with Crippen LogP contribution in [0.5, 0.6) is 11.5 Å². The summed E-state index contributed by atoms with van der Waals surface area (Å²) in [4.78, 5) is 14.5. The van der Waals surface area contributed by atoms with Gasteiger partial charge in [-0.1, -0.05) is 12.1 Å². The molecule has 0 spiro atoms. The van der Waals surface area contributed by atoms with Crippen molar-refractivity contribution in [1.82, 2.24) is 4.90 Å². The van der Waals surface area contributed by atoms with Gasteiger partial charge in [0, 0.05) is 19.7 Å². The number of carbonyl (C=O) groups excluding carboxylic acids is 1. The minimum absolute atomic E-state index is 0.0200. The summed E-state index contributed by atoms with van der Waals surface area (Å²) >= 11 is 0. The fraction of sp³-hybridized carbons (Fsp3) is 0.562. The van der Waals surface area contributed by atoms with E-state index >= 15 is 0 Å². The summed E-state index contributed by atoms with van der Waals surface area (Å²) in [5, 5.41) is 9.17. The Morgan fingerprint density at radius 3 is 2.48 bits per heavy atom. The second-order valence-electron chi connectivity index (χ2n) is 5.76. The average molecular weight is 291 g/mol. The molecule has 2 atom stereocenters. The average Bonchev–Trinajstić information content (AvgIpc) is 2.53. The van der Waals surface area contributed by atoms with Crippen LogP contribution < -0.4 is 9.47 Å². The molecule has 0 radical (unpaired) electrons. The summed E-state index contributed by atoms with van der Waals surface area (Å²) in [6.07, 6.45) is 0.801. The maximum Gasteiger partial charge on any atom is 0.267 e. The number of fused-ring (bicyclic) bond motifs is 1. The van der Waals surface area contributed by atoms with Crippen molar-refractivity contribution in [3.05, 3.63) is 24.3 Å². The smallest absolute Gasteiger partial charge is 0.267 e. The Morgan fingerprint density at radius 2 is 1.86 bits per heavy atom. The van der Waals surface area contributed by atoms with E-state index in [4.69, 9.17) is 14.6 Å². The number of benzene rings is 1. The summed E-state index contributed by atoms with van der Waals surface area (Å²) in [7, 11) is 0. The van der Waals surface area contributed by atoms with Gasteiger partial charge in [0.25, 0.3) is 5.91 Å². The maximum atomic E-state index is 12.6. The van der Waals surface area contributed by atoms with Crippen LogP contribution in [0.4, 0.5) is 0 Å². The number of hydrogen-bond acceptors (Lipinski definition) is 4. The van der Waals surface area contributed by atoms with E-state index < -0.39 is 6.10 Å². The number of rotatable bonds is 2. The van der Waals surface area contributed by atoms with Crippen molar-refractivity contribution in [3.8, 4) is 11.5 Å². The van der Waals surface area contributed by atoms with Gasteiger partial charge in [0.2, 0.25) is 6.10 Å². The number of nitrogens with zero attached hydrogens (tertiary/aromatic N) is 1. The van der Waals surface area contributed by atoms with E-state index in [1.54, 1.807) is 0 Å². The highest BCUT2D eigenvalue weighted by molar-refractivity contribution is 5.82. The van der Waals surface area contributed by atoms with Crippen LogP contribution in [0.3, 0.4) is 0 Å². The molecule has 2 unspecified atom stereocenters. The van der Waals surface area contributed by atoms with E-state index in [0.29, 0.717) is 30.5 Å². The lowest BCUT2D eigenvalue weighted by Crippen LogP contribution is -2.52. The van der Waals surface area contributed by atoms with Gasteiger partial charge in [0.1, 0.15) is 6.10 Å². The number of hydrogen-bond donors (Lipinski definition) is 1. The number of piperidine rings is 1. The molecule has 0 aromatic heterocycles. The standard InChI is InChI=1S/C16H21NO4/c1-11-15(21-14-5-3-2-4-13(14)20-11)16(19)17-8-6-12(10-18)7-9-17/h2-5,11-12,15,18H,6-10H2,1H3. The van der Waals surface area contributed by atoms with Gasteiger partial charge < -0.3 is 19.5 Å². The molecule has 0 saturated carbocycles. The Kier molecular flexibility index (Phi) is 4.01. The molecule has 0 bridgehead atoms. The van der Waals surface area contributed by atoms with Crippen molar-refractivity contribution in [2.45, 2.75) is 32.0 Å². The third kappa shape index (κ3) is 2.83. The van der Waals surface area contributed by atoms with Crippen molar-refractivity contribution in [2.75, 3.05) is 19.7 Å². The number of amides is 1. The summed E-state index contributed by atoms with van der Waals surface area (Å²) in [6.45, 7) is 3.42. The topological polar surface area (TPSA) is 59.0 Å². The molecule has 2 aliphatic rings. The van der Waals surface area contributed by atoms with Gasteiger partial charge in [-0.3, -0.25) is 4.79 Å². The van der Waals surface area contributed by atoms with Crippen molar-refractivity contribution < 1.29 is 19.4 Å². The first kappa shape index (κ1) is 14.2. The zero-order valence-electron chi connectivity index (χ0n) is 12.2. The number of likely N-dealkylation sites (tertiary alicyclic amines) is 1. The highest BCUT2D eigenvalue weighted by Crippen LogP contribution is 2.34. The Hall–Kier alpha value is -1.75. The first-order valence-electron chi connectivity index (χ1n) is 7.51. The minimum Gasteiger partial charge on any atom is -0.482 e. The van der Waals surface area contributed by atoms with Gasteiger partial charge in [-0.15, -0.1) is 0 Å². The molecule has 2 heterocycles. The zero-order valence-corrected chi connectivity index (χ0v) is 12.2. The predicted molar refractivity (Wildman–Crippen MR) is 77.3 cm³/mol. The number of ether oxygens (including phenoxy) is 2. The van der Waals surface area contributed by atoms with E-state index in [0.717, 1.165) is 12.8 Å². The Bertz CT molecular complexity index is 511. The number of aliphatic hydroxyl groups excluding tert-OH is 1. The zero-order chi connectivity index (χ0) is 14.8. The monoisotopic (exact) mass is 291 g/mol. The van der Waals surface area contributed by atoms with Crippen molar-refractivity contribution in [3.63, 3.8) is 0 Å². The molecule has 3 rings (SSSR count). The number of carbonyl (C=O) groups is 1. The van der Waals surface area contributed by atoms with Crippen LogP contribution >= 0.6 is 0 Å². The Balaban J connectivity index is 1.68. The van der Waals surface area contributed by atoms with Crippen LogP contribution in [-0.4, -0.2) is 47.8 Å². The van der Waals surface area contributed by atoms with Gasteiger partial charge in [-0.25, -0.2) is 0 Å². The quantitative estimate of drug-likeness (QED) is 0.896. The molecular formula is C16H21NO4. The summed E-state index contributed by atoms with van der Waals surface area (Å²) in [6, 6.07) is 7.42. The van der Waals surface area contributed by atoms with Gasteiger partial charge in [0.15, 0.2) is 11.5 Å². The molecule has 1 N–H and O–H groups in total. The summed E-state index contributed by atoms with van der Waals surface area (Å²) < 4.78 is 11.6. The van der Waals surface area contributed by atoms with Gasteiger partial charge in [-0.05, 0) is 37.8 Å². The first-order valence-corrected chi connectivity index (χ1v) is 7.51. The van der Waals surface area contributed by atoms with Gasteiger partial charge in [-0.2, -0.15) is 0 Å². The molecule has 1 fully saturated rings. The maximum absolute atomic E-state index is 12.6. The van der Waals surface area contributed by atoms with Crippen LogP contribution in [0.25, 0.3) is 0 Å². The lowest BCUT2D eigenvalue weighted by atomic mass is 9.97. The predicted octanol–water partition coefficient (Wildman–Crippen LogP) is 1.45. The molecule has 5 heteroatoms.